The van der Waals surface area contributed by atoms with Crippen molar-refractivity contribution in [2.75, 3.05) is 5.32 Å². The van der Waals surface area contributed by atoms with E-state index in [1.165, 1.54) is 22.4 Å². The minimum Gasteiger partial charge on any atom is -0.377 e. The van der Waals surface area contributed by atoms with Crippen LogP contribution in [0.25, 0.3) is 0 Å². The van der Waals surface area contributed by atoms with E-state index in [9.17, 15) is 4.39 Å². The number of benzene rings is 2. The molecule has 0 fully saturated rings. The van der Waals surface area contributed by atoms with Crippen molar-refractivity contribution in [3.63, 3.8) is 0 Å². The van der Waals surface area contributed by atoms with Crippen LogP contribution in [0.15, 0.2) is 48.6 Å². The zero-order valence-corrected chi connectivity index (χ0v) is 12.9. The summed E-state index contributed by atoms with van der Waals surface area (Å²) in [6.07, 6.45) is 5.55. The second kappa shape index (κ2) is 4.98. The normalized spacial score (nSPS) is 25.5. The van der Waals surface area contributed by atoms with Crippen LogP contribution in [0.5, 0.6) is 0 Å². The molecule has 0 unspecified atom stereocenters. The van der Waals surface area contributed by atoms with Gasteiger partial charge >= 0.3 is 0 Å². The van der Waals surface area contributed by atoms with Crippen LogP contribution in [-0.4, -0.2) is 0 Å². The van der Waals surface area contributed by atoms with E-state index in [4.69, 9.17) is 0 Å². The molecule has 0 radical (unpaired) electrons. The second-order valence-corrected chi connectivity index (χ2v) is 6.47. The quantitative estimate of drug-likeness (QED) is 0.706. The molecule has 0 spiro atoms. The van der Waals surface area contributed by atoms with Gasteiger partial charge in [0.25, 0.3) is 0 Å². The molecule has 0 amide bonds. The molecule has 1 heterocycles. The van der Waals surface area contributed by atoms with Gasteiger partial charge < -0.3 is 5.32 Å². The molecule has 2 aromatic rings. The number of hydrogen-bond acceptors (Lipinski definition) is 1. The summed E-state index contributed by atoms with van der Waals surface area (Å²) >= 11 is 0. The molecule has 3 atom stereocenters. The van der Waals surface area contributed by atoms with Gasteiger partial charge in [-0.3, -0.25) is 0 Å². The minimum atomic E-state index is -0.112. The standard InChI is InChI=1S/C20H20FN/c1-12-10-11-16-14-7-5-8-15(14)20(22-19(16)13(12)2)17-6-3-4-9-18(17)21/h3-7,9-11,14-15,20,22H,8H2,1-2H3/t14-,15-,20+/m1/s1. The molecule has 1 aliphatic carbocycles. The number of nitrogens with one attached hydrogen (secondary N) is 1. The van der Waals surface area contributed by atoms with Crippen molar-refractivity contribution in [3.8, 4) is 0 Å². The van der Waals surface area contributed by atoms with E-state index < -0.39 is 0 Å². The van der Waals surface area contributed by atoms with Crippen LogP contribution in [0.1, 0.15) is 40.6 Å². The van der Waals surface area contributed by atoms with Gasteiger partial charge in [0.05, 0.1) is 6.04 Å². The van der Waals surface area contributed by atoms with Gasteiger partial charge in [0, 0.05) is 17.2 Å². The summed E-state index contributed by atoms with van der Waals surface area (Å²) in [7, 11) is 0. The van der Waals surface area contributed by atoms with Crippen LogP contribution < -0.4 is 5.32 Å². The van der Waals surface area contributed by atoms with Crippen molar-refractivity contribution in [3.05, 3.63) is 76.6 Å². The molecule has 2 aliphatic rings. The van der Waals surface area contributed by atoms with Gasteiger partial charge in [-0.1, -0.05) is 42.5 Å². The molecule has 0 bridgehead atoms. The van der Waals surface area contributed by atoms with Crippen LogP contribution in [0.2, 0.25) is 0 Å². The average molecular weight is 293 g/mol. The lowest BCUT2D eigenvalue weighted by molar-refractivity contribution is 0.413. The molecule has 112 valence electrons. The Hall–Kier alpha value is -2.09. The SMILES string of the molecule is Cc1ccc2c(c1C)N[C@H](c1ccccc1F)[C@@H]1CC=C[C@@H]21. The monoisotopic (exact) mass is 293 g/mol. The summed E-state index contributed by atoms with van der Waals surface area (Å²) in [6.45, 7) is 4.28. The molecule has 0 saturated heterocycles. The molecule has 2 aromatic carbocycles. The van der Waals surface area contributed by atoms with Gasteiger partial charge in [0.15, 0.2) is 0 Å². The Labute approximate surface area is 130 Å². The maximum atomic E-state index is 14.3. The Kier molecular flexibility index (Phi) is 3.07. The first-order chi connectivity index (χ1) is 10.7. The predicted molar refractivity (Wildman–Crippen MR) is 88.7 cm³/mol. The first-order valence-electron chi connectivity index (χ1n) is 7.94. The highest BCUT2D eigenvalue weighted by Gasteiger charge is 2.39. The van der Waals surface area contributed by atoms with Crippen molar-refractivity contribution in [1.82, 2.24) is 0 Å². The summed E-state index contributed by atoms with van der Waals surface area (Å²) in [5, 5.41) is 3.65. The molecule has 22 heavy (non-hydrogen) atoms. The van der Waals surface area contributed by atoms with Gasteiger partial charge in [0.1, 0.15) is 5.82 Å². The third kappa shape index (κ3) is 1.90. The Morgan fingerprint density at radius 3 is 2.68 bits per heavy atom. The van der Waals surface area contributed by atoms with Crippen LogP contribution in [0.4, 0.5) is 10.1 Å². The van der Waals surface area contributed by atoms with Crippen molar-refractivity contribution in [2.24, 2.45) is 5.92 Å². The lowest BCUT2D eigenvalue weighted by atomic mass is 9.76. The van der Waals surface area contributed by atoms with Crippen molar-refractivity contribution >= 4 is 5.69 Å². The summed E-state index contributed by atoms with van der Waals surface area (Å²) < 4.78 is 14.3. The van der Waals surface area contributed by atoms with E-state index in [0.717, 1.165) is 12.0 Å². The number of halogens is 1. The minimum absolute atomic E-state index is 0.0363. The Morgan fingerprint density at radius 1 is 1.05 bits per heavy atom. The highest BCUT2D eigenvalue weighted by Crippen LogP contribution is 2.51. The van der Waals surface area contributed by atoms with Gasteiger partial charge in [-0.2, -0.15) is 0 Å². The Balaban J connectivity index is 1.87. The zero-order valence-electron chi connectivity index (χ0n) is 12.9. The molecule has 0 saturated carbocycles. The zero-order chi connectivity index (χ0) is 15.3. The molecule has 1 N–H and O–H groups in total. The number of anilines is 1. The summed E-state index contributed by atoms with van der Waals surface area (Å²) in [6, 6.07) is 11.6. The highest BCUT2D eigenvalue weighted by atomic mass is 19.1. The van der Waals surface area contributed by atoms with E-state index >= 15 is 0 Å². The van der Waals surface area contributed by atoms with Crippen LogP contribution in [0.3, 0.4) is 0 Å². The Bertz CT molecular complexity index is 762. The fourth-order valence-corrected chi connectivity index (χ4v) is 3.95. The third-order valence-electron chi connectivity index (χ3n) is 5.31. The summed E-state index contributed by atoms with van der Waals surface area (Å²) in [4.78, 5) is 0. The largest absolute Gasteiger partial charge is 0.377 e. The van der Waals surface area contributed by atoms with Gasteiger partial charge in [-0.25, -0.2) is 4.39 Å². The van der Waals surface area contributed by atoms with E-state index in [1.807, 2.05) is 12.1 Å². The summed E-state index contributed by atoms with van der Waals surface area (Å²) in [5.74, 6) is 0.672. The maximum absolute atomic E-state index is 14.3. The van der Waals surface area contributed by atoms with Gasteiger partial charge in [-0.05, 0) is 48.9 Å². The maximum Gasteiger partial charge on any atom is 0.128 e. The van der Waals surface area contributed by atoms with Crippen molar-refractivity contribution in [2.45, 2.75) is 32.2 Å². The molecule has 1 aliphatic heterocycles. The average Bonchev–Trinajstić information content (AvgIpc) is 3.00. The van der Waals surface area contributed by atoms with Gasteiger partial charge in [-0.15, -0.1) is 0 Å². The lowest BCUT2D eigenvalue weighted by Gasteiger charge is -2.38. The smallest absolute Gasteiger partial charge is 0.128 e. The number of fused-ring (bicyclic) bond motifs is 3. The third-order valence-corrected chi connectivity index (χ3v) is 5.31. The van der Waals surface area contributed by atoms with E-state index in [2.05, 4.69) is 43.4 Å². The van der Waals surface area contributed by atoms with Gasteiger partial charge in [0.2, 0.25) is 0 Å². The number of allylic oxidation sites excluding steroid dienone is 2. The van der Waals surface area contributed by atoms with E-state index in [-0.39, 0.29) is 11.9 Å². The fraction of sp³-hybridized carbons (Fsp3) is 0.300. The topological polar surface area (TPSA) is 12.0 Å². The molecular formula is C20H20FN. The number of hydrogen-bond donors (Lipinski definition) is 1. The second-order valence-electron chi connectivity index (χ2n) is 6.47. The van der Waals surface area contributed by atoms with Crippen molar-refractivity contribution < 1.29 is 4.39 Å². The van der Waals surface area contributed by atoms with Crippen LogP contribution >= 0.6 is 0 Å². The number of aryl methyl sites for hydroxylation is 1. The fourth-order valence-electron chi connectivity index (χ4n) is 3.95. The molecule has 1 nitrogen and oxygen atoms in total. The van der Waals surface area contributed by atoms with Crippen LogP contribution in [0, 0.1) is 25.6 Å². The van der Waals surface area contributed by atoms with Crippen LogP contribution in [-0.2, 0) is 0 Å². The summed E-state index contributed by atoms with van der Waals surface area (Å²) in [5.41, 5.74) is 5.89. The predicted octanol–water partition coefficient (Wildman–Crippen LogP) is 5.27. The molecule has 2 heteroatoms. The highest BCUT2D eigenvalue weighted by molar-refractivity contribution is 5.65. The van der Waals surface area contributed by atoms with E-state index in [0.29, 0.717) is 11.8 Å². The van der Waals surface area contributed by atoms with E-state index in [1.54, 1.807) is 12.1 Å². The Morgan fingerprint density at radius 2 is 1.86 bits per heavy atom. The molecule has 0 aromatic heterocycles. The molecular weight excluding hydrogens is 273 g/mol. The molecule has 4 rings (SSSR count). The van der Waals surface area contributed by atoms with Crippen molar-refractivity contribution in [1.29, 1.82) is 0 Å². The first-order valence-corrected chi connectivity index (χ1v) is 7.94. The first kappa shape index (κ1) is 13.6. The number of rotatable bonds is 1. The lowest BCUT2D eigenvalue weighted by Crippen LogP contribution is -2.30.